The Morgan fingerprint density at radius 1 is 1.04 bits per heavy atom. The fourth-order valence-corrected chi connectivity index (χ4v) is 3.95. The molecule has 1 saturated heterocycles. The molecule has 1 aromatic carbocycles. The third-order valence-electron chi connectivity index (χ3n) is 5.31. The molecule has 0 saturated carbocycles. The lowest BCUT2D eigenvalue weighted by Gasteiger charge is -2.35. The van der Waals surface area contributed by atoms with Gasteiger partial charge in [-0.15, -0.1) is 0 Å². The molecule has 2 aliphatic rings. The van der Waals surface area contributed by atoms with Gasteiger partial charge in [-0.05, 0) is 49.9 Å². The van der Waals surface area contributed by atoms with E-state index in [4.69, 9.17) is 11.6 Å². The molecule has 0 bridgehead atoms. The quantitative estimate of drug-likeness (QED) is 0.876. The zero-order valence-electron chi connectivity index (χ0n) is 15.3. The van der Waals surface area contributed by atoms with Gasteiger partial charge < -0.3 is 10.2 Å². The molecule has 4 rings (SSSR count). The highest BCUT2D eigenvalue weighted by molar-refractivity contribution is 6.30. The van der Waals surface area contributed by atoms with E-state index in [0.29, 0.717) is 12.4 Å². The molecule has 1 N–H and O–H groups in total. The van der Waals surface area contributed by atoms with Crippen molar-refractivity contribution in [2.24, 2.45) is 0 Å². The standard InChI is InChI=1S/C20H24ClN5O/c21-15-5-7-16(8-6-15)26-11-9-25(10-12-26)13-19(27)24-20-17-3-1-2-4-18(17)22-14-23-20/h5-8,14H,1-4,9-13H2,(H,22,23,24,27). The number of aromatic nitrogens is 2. The van der Waals surface area contributed by atoms with Gasteiger partial charge in [-0.3, -0.25) is 9.69 Å². The molecule has 7 heteroatoms. The van der Waals surface area contributed by atoms with Crippen molar-refractivity contribution in [1.29, 1.82) is 0 Å². The molecule has 6 nitrogen and oxygen atoms in total. The topological polar surface area (TPSA) is 61.4 Å². The summed E-state index contributed by atoms with van der Waals surface area (Å²) in [4.78, 5) is 25.7. The van der Waals surface area contributed by atoms with Crippen LogP contribution in [0, 0.1) is 0 Å². The molecule has 1 amide bonds. The zero-order valence-corrected chi connectivity index (χ0v) is 16.1. The van der Waals surface area contributed by atoms with Crippen LogP contribution in [0.5, 0.6) is 0 Å². The maximum Gasteiger partial charge on any atom is 0.239 e. The van der Waals surface area contributed by atoms with Crippen molar-refractivity contribution >= 4 is 29.0 Å². The van der Waals surface area contributed by atoms with Crippen LogP contribution < -0.4 is 10.2 Å². The maximum atomic E-state index is 12.5. The van der Waals surface area contributed by atoms with Gasteiger partial charge in [0.25, 0.3) is 0 Å². The number of amides is 1. The largest absolute Gasteiger partial charge is 0.369 e. The summed E-state index contributed by atoms with van der Waals surface area (Å²) >= 11 is 5.96. The van der Waals surface area contributed by atoms with Gasteiger partial charge >= 0.3 is 0 Å². The second kappa shape index (κ2) is 8.23. The van der Waals surface area contributed by atoms with Crippen LogP contribution in [-0.4, -0.2) is 53.5 Å². The molecule has 0 atom stereocenters. The van der Waals surface area contributed by atoms with Crippen molar-refractivity contribution in [2.45, 2.75) is 25.7 Å². The van der Waals surface area contributed by atoms with Crippen LogP contribution in [0.2, 0.25) is 5.02 Å². The minimum absolute atomic E-state index is 0.00131. The lowest BCUT2D eigenvalue weighted by molar-refractivity contribution is -0.117. The minimum atomic E-state index is 0.00131. The molecule has 0 spiro atoms. The summed E-state index contributed by atoms with van der Waals surface area (Å²) in [6, 6.07) is 7.92. The Bertz CT molecular complexity index is 803. The predicted octanol–water partition coefficient (Wildman–Crippen LogP) is 2.77. The fourth-order valence-electron chi connectivity index (χ4n) is 3.82. The molecule has 2 aromatic rings. The number of hydrogen-bond donors (Lipinski definition) is 1. The monoisotopic (exact) mass is 385 g/mol. The lowest BCUT2D eigenvalue weighted by atomic mass is 9.96. The molecule has 1 fully saturated rings. The number of carbonyl (C=O) groups is 1. The van der Waals surface area contributed by atoms with Gasteiger partial charge in [0.15, 0.2) is 0 Å². The summed E-state index contributed by atoms with van der Waals surface area (Å²) in [7, 11) is 0. The summed E-state index contributed by atoms with van der Waals surface area (Å²) < 4.78 is 0. The SMILES string of the molecule is O=C(CN1CCN(c2ccc(Cl)cc2)CC1)Nc1ncnc2c1CCCC2. The van der Waals surface area contributed by atoms with E-state index < -0.39 is 0 Å². The van der Waals surface area contributed by atoms with Crippen molar-refractivity contribution in [2.75, 3.05) is 42.9 Å². The van der Waals surface area contributed by atoms with Crippen LogP contribution in [0.1, 0.15) is 24.1 Å². The fraction of sp³-hybridized carbons (Fsp3) is 0.450. The Labute approximate surface area is 164 Å². The van der Waals surface area contributed by atoms with Crippen molar-refractivity contribution in [3.63, 3.8) is 0 Å². The number of nitrogens with one attached hydrogen (secondary N) is 1. The Hall–Kier alpha value is -2.18. The van der Waals surface area contributed by atoms with E-state index in [-0.39, 0.29) is 5.91 Å². The molecule has 1 aromatic heterocycles. The number of nitrogens with zero attached hydrogens (tertiary/aromatic N) is 4. The molecule has 0 radical (unpaired) electrons. The molecular formula is C20H24ClN5O. The second-order valence-electron chi connectivity index (χ2n) is 7.14. The molecule has 1 aliphatic heterocycles. The van der Waals surface area contributed by atoms with E-state index >= 15 is 0 Å². The Kier molecular flexibility index (Phi) is 5.55. The smallest absolute Gasteiger partial charge is 0.239 e. The highest BCUT2D eigenvalue weighted by Gasteiger charge is 2.21. The number of piperazine rings is 1. The Morgan fingerprint density at radius 3 is 2.56 bits per heavy atom. The van der Waals surface area contributed by atoms with E-state index in [1.54, 1.807) is 6.33 Å². The van der Waals surface area contributed by atoms with Crippen LogP contribution in [0.15, 0.2) is 30.6 Å². The Morgan fingerprint density at radius 2 is 1.78 bits per heavy atom. The van der Waals surface area contributed by atoms with Crippen LogP contribution >= 0.6 is 11.6 Å². The first-order valence-corrected chi connectivity index (χ1v) is 9.92. The number of aryl methyl sites for hydroxylation is 1. The highest BCUT2D eigenvalue weighted by Crippen LogP contribution is 2.24. The minimum Gasteiger partial charge on any atom is -0.369 e. The molecule has 1 aliphatic carbocycles. The average Bonchev–Trinajstić information content (AvgIpc) is 2.69. The number of benzene rings is 1. The second-order valence-corrected chi connectivity index (χ2v) is 7.58. The predicted molar refractivity (Wildman–Crippen MR) is 107 cm³/mol. The summed E-state index contributed by atoms with van der Waals surface area (Å²) in [6.45, 7) is 3.92. The Balaban J connectivity index is 1.30. The number of carbonyl (C=O) groups excluding carboxylic acids is 1. The van der Waals surface area contributed by atoms with E-state index in [9.17, 15) is 4.79 Å². The van der Waals surface area contributed by atoms with E-state index in [1.165, 1.54) is 5.69 Å². The van der Waals surface area contributed by atoms with Crippen molar-refractivity contribution in [3.8, 4) is 0 Å². The highest BCUT2D eigenvalue weighted by atomic mass is 35.5. The molecular weight excluding hydrogens is 362 g/mol. The van der Waals surface area contributed by atoms with Crippen LogP contribution in [0.3, 0.4) is 0 Å². The first kappa shape index (κ1) is 18.2. The van der Waals surface area contributed by atoms with Crippen molar-refractivity contribution in [3.05, 3.63) is 46.9 Å². The third kappa shape index (κ3) is 4.39. The summed E-state index contributed by atoms with van der Waals surface area (Å²) in [6.07, 6.45) is 5.79. The maximum absolute atomic E-state index is 12.5. The number of halogens is 1. The van der Waals surface area contributed by atoms with Crippen molar-refractivity contribution < 1.29 is 4.79 Å². The van der Waals surface area contributed by atoms with Gasteiger partial charge in [0.1, 0.15) is 12.1 Å². The number of rotatable bonds is 4. The zero-order chi connectivity index (χ0) is 18.6. The summed E-state index contributed by atoms with van der Waals surface area (Å²) in [5, 5.41) is 3.76. The van der Waals surface area contributed by atoms with Crippen LogP contribution in [0.4, 0.5) is 11.5 Å². The molecule has 2 heterocycles. The number of hydrogen-bond acceptors (Lipinski definition) is 5. The number of anilines is 2. The molecule has 0 unspecified atom stereocenters. The normalized spacial score (nSPS) is 17.4. The average molecular weight is 386 g/mol. The van der Waals surface area contributed by atoms with Gasteiger partial charge in [-0.2, -0.15) is 0 Å². The van der Waals surface area contributed by atoms with Crippen LogP contribution in [-0.2, 0) is 17.6 Å². The summed E-state index contributed by atoms with van der Waals surface area (Å²) in [5.41, 5.74) is 3.38. The van der Waals surface area contributed by atoms with Gasteiger partial charge in [-0.25, -0.2) is 9.97 Å². The third-order valence-corrected chi connectivity index (χ3v) is 5.57. The van der Waals surface area contributed by atoms with E-state index in [0.717, 1.165) is 68.1 Å². The molecule has 27 heavy (non-hydrogen) atoms. The van der Waals surface area contributed by atoms with Gasteiger partial charge in [0.2, 0.25) is 5.91 Å². The first-order valence-electron chi connectivity index (χ1n) is 9.54. The van der Waals surface area contributed by atoms with Crippen LogP contribution in [0.25, 0.3) is 0 Å². The van der Waals surface area contributed by atoms with E-state index in [2.05, 4.69) is 25.1 Å². The first-order chi connectivity index (χ1) is 13.2. The van der Waals surface area contributed by atoms with Gasteiger partial charge in [0.05, 0.1) is 6.54 Å². The number of fused-ring (bicyclic) bond motifs is 1. The van der Waals surface area contributed by atoms with E-state index in [1.807, 2.05) is 24.3 Å². The summed E-state index contributed by atoms with van der Waals surface area (Å²) in [5.74, 6) is 0.700. The van der Waals surface area contributed by atoms with Gasteiger partial charge in [-0.1, -0.05) is 11.6 Å². The molecule has 142 valence electrons. The lowest BCUT2D eigenvalue weighted by Crippen LogP contribution is -2.48. The van der Waals surface area contributed by atoms with Gasteiger partial charge in [0, 0.05) is 48.1 Å². The van der Waals surface area contributed by atoms with Crippen molar-refractivity contribution in [1.82, 2.24) is 14.9 Å².